The number of rotatable bonds is 4. The van der Waals surface area contributed by atoms with Gasteiger partial charge in [0, 0.05) is 49.0 Å². The van der Waals surface area contributed by atoms with Crippen molar-refractivity contribution in [1.29, 1.82) is 0 Å². The van der Waals surface area contributed by atoms with Crippen molar-refractivity contribution >= 4 is 26.6 Å². The second kappa shape index (κ2) is 7.14. The molecule has 0 spiro atoms. The van der Waals surface area contributed by atoms with Crippen molar-refractivity contribution in [1.82, 2.24) is 9.29 Å². The van der Waals surface area contributed by atoms with E-state index in [0.29, 0.717) is 31.9 Å². The van der Waals surface area contributed by atoms with Crippen molar-refractivity contribution in [2.75, 3.05) is 31.1 Å². The highest BCUT2D eigenvalue weighted by atomic mass is 32.2. The van der Waals surface area contributed by atoms with Crippen molar-refractivity contribution < 1.29 is 21.6 Å². The minimum atomic E-state index is -4.24. The molecule has 148 valence electrons. The smallest absolute Gasteiger partial charge is 0.268 e. The molecule has 1 N–H and O–H groups in total. The minimum absolute atomic E-state index is 0.149. The molecule has 0 aliphatic carbocycles. The summed E-state index contributed by atoms with van der Waals surface area (Å²) >= 11 is 0. The lowest BCUT2D eigenvalue weighted by Crippen LogP contribution is -2.43. The van der Waals surface area contributed by atoms with Gasteiger partial charge in [0.15, 0.2) is 0 Å². The van der Waals surface area contributed by atoms with E-state index in [1.807, 2.05) is 4.90 Å². The summed E-state index contributed by atoms with van der Waals surface area (Å²) in [7, 11) is -4.24. The third-order valence-corrected chi connectivity index (χ3v) is 6.52. The Hall–Kier alpha value is -2.52. The molecule has 0 unspecified atom stereocenters. The summed E-state index contributed by atoms with van der Waals surface area (Å²) in [5.74, 6) is -0.715. The number of hydrogen-bond donors (Lipinski definition) is 1. The first-order valence-corrected chi connectivity index (χ1v) is 10.2. The second-order valence-electron chi connectivity index (χ2n) is 6.55. The van der Waals surface area contributed by atoms with E-state index < -0.39 is 22.3 Å². The van der Waals surface area contributed by atoms with Crippen LogP contribution in [0.2, 0.25) is 0 Å². The van der Waals surface area contributed by atoms with Gasteiger partial charge in [-0.2, -0.15) is 0 Å². The van der Waals surface area contributed by atoms with Crippen LogP contribution in [0, 0.1) is 5.82 Å². The van der Waals surface area contributed by atoms with Crippen molar-refractivity contribution in [2.24, 2.45) is 0 Å². The molecule has 1 fully saturated rings. The zero-order chi connectivity index (χ0) is 19.9. The maximum atomic E-state index is 13.8. The topological polar surface area (TPSA) is 54.3 Å². The molecule has 0 saturated carbocycles. The highest BCUT2D eigenvalue weighted by Crippen LogP contribution is 2.38. The molecular formula is C19H18F3N3O2S. The average Bonchev–Trinajstić information content (AvgIpc) is 3.09. The first-order valence-electron chi connectivity index (χ1n) is 8.78. The average molecular weight is 409 g/mol. The summed E-state index contributed by atoms with van der Waals surface area (Å²) in [6, 6.07) is 9.37. The van der Waals surface area contributed by atoms with Crippen molar-refractivity contribution in [3.63, 3.8) is 0 Å². The fraction of sp³-hybridized carbons (Fsp3) is 0.263. The molecule has 1 aliphatic heterocycles. The van der Waals surface area contributed by atoms with Gasteiger partial charge in [-0.1, -0.05) is 12.1 Å². The molecule has 28 heavy (non-hydrogen) atoms. The Bertz CT molecular complexity index is 1120. The normalized spacial score (nSPS) is 15.5. The van der Waals surface area contributed by atoms with Gasteiger partial charge in [0.25, 0.3) is 16.4 Å². The van der Waals surface area contributed by atoms with Crippen LogP contribution in [0.15, 0.2) is 53.6 Å². The summed E-state index contributed by atoms with van der Waals surface area (Å²) in [6.07, 6.45) is -1.91. The second-order valence-corrected chi connectivity index (χ2v) is 8.37. The molecule has 0 atom stereocenters. The number of hydrogen-bond acceptors (Lipinski definition) is 4. The van der Waals surface area contributed by atoms with Gasteiger partial charge in [0.05, 0.1) is 10.4 Å². The largest absolute Gasteiger partial charge is 0.368 e. The van der Waals surface area contributed by atoms with E-state index in [9.17, 15) is 21.6 Å². The Morgan fingerprint density at radius 2 is 1.75 bits per heavy atom. The lowest BCUT2D eigenvalue weighted by atomic mass is 10.1. The first-order chi connectivity index (χ1) is 13.4. The summed E-state index contributed by atoms with van der Waals surface area (Å²) in [5.41, 5.74) is 0.363. The highest BCUT2D eigenvalue weighted by Gasteiger charge is 2.27. The zero-order valence-corrected chi connectivity index (χ0v) is 15.6. The number of fused-ring (bicyclic) bond motifs is 1. The molecule has 9 heteroatoms. The lowest BCUT2D eigenvalue weighted by molar-refractivity contribution is 0.153. The number of benzene rings is 2. The summed E-state index contributed by atoms with van der Waals surface area (Å²) in [4.78, 5) is 1.67. The lowest BCUT2D eigenvalue weighted by Gasteiger charge is -2.30. The number of nitrogens with zero attached hydrogens (tertiary/aromatic N) is 2. The van der Waals surface area contributed by atoms with Crippen LogP contribution >= 0.6 is 0 Å². The van der Waals surface area contributed by atoms with Crippen LogP contribution in [0.25, 0.3) is 10.9 Å². The van der Waals surface area contributed by atoms with Gasteiger partial charge in [0.1, 0.15) is 5.82 Å². The van der Waals surface area contributed by atoms with Gasteiger partial charge in [-0.05, 0) is 30.3 Å². The van der Waals surface area contributed by atoms with E-state index in [4.69, 9.17) is 0 Å². The quantitative estimate of drug-likeness (QED) is 0.718. The number of anilines is 1. The van der Waals surface area contributed by atoms with Crippen LogP contribution in [0.1, 0.15) is 12.0 Å². The van der Waals surface area contributed by atoms with Gasteiger partial charge >= 0.3 is 0 Å². The van der Waals surface area contributed by atoms with E-state index in [-0.39, 0.29) is 21.4 Å². The van der Waals surface area contributed by atoms with Gasteiger partial charge in [-0.3, -0.25) is 0 Å². The number of halogens is 3. The van der Waals surface area contributed by atoms with E-state index in [1.165, 1.54) is 18.2 Å². The van der Waals surface area contributed by atoms with Gasteiger partial charge in [-0.15, -0.1) is 0 Å². The third kappa shape index (κ3) is 3.14. The van der Waals surface area contributed by atoms with Crippen molar-refractivity contribution in [2.45, 2.75) is 11.3 Å². The predicted molar refractivity (Wildman–Crippen MR) is 101 cm³/mol. The van der Waals surface area contributed by atoms with Gasteiger partial charge in [0.2, 0.25) is 0 Å². The molecule has 2 aromatic carbocycles. The third-order valence-electron chi connectivity index (χ3n) is 4.85. The number of alkyl halides is 2. The number of piperazine rings is 1. The van der Waals surface area contributed by atoms with E-state index in [1.54, 1.807) is 12.1 Å². The Morgan fingerprint density at radius 3 is 2.43 bits per heavy atom. The standard InChI is InChI=1S/C19H18F3N3O2S/c20-13-3-1-4-14(11-13)28(26,27)25-12-15(19(21)22)18-16(5-2-6-17(18)25)24-9-7-23-8-10-24/h1-6,11-12,19,23H,7-10H2. The van der Waals surface area contributed by atoms with E-state index in [0.717, 1.165) is 22.3 Å². The maximum absolute atomic E-state index is 13.8. The van der Waals surface area contributed by atoms with E-state index in [2.05, 4.69) is 5.32 Å². The van der Waals surface area contributed by atoms with Crippen LogP contribution in [0.4, 0.5) is 18.9 Å². The number of nitrogens with one attached hydrogen (secondary N) is 1. The molecule has 4 rings (SSSR count). The predicted octanol–water partition coefficient (Wildman–Crippen LogP) is 3.36. The molecule has 0 amide bonds. The SMILES string of the molecule is O=S(=O)(c1cccc(F)c1)n1cc(C(F)F)c2c(N3CCNCC3)cccc21. The molecule has 1 saturated heterocycles. The Balaban J connectivity index is 1.96. The van der Waals surface area contributed by atoms with Gasteiger partial charge in [-0.25, -0.2) is 25.6 Å². The molecule has 0 bridgehead atoms. The minimum Gasteiger partial charge on any atom is -0.368 e. The van der Waals surface area contributed by atoms with Crippen molar-refractivity contribution in [3.05, 3.63) is 60.0 Å². The fourth-order valence-electron chi connectivity index (χ4n) is 3.54. The van der Waals surface area contributed by atoms with Gasteiger partial charge < -0.3 is 10.2 Å². The van der Waals surface area contributed by atoms with Crippen LogP contribution in [-0.4, -0.2) is 38.6 Å². The monoisotopic (exact) mass is 409 g/mol. The summed E-state index contributed by atoms with van der Waals surface area (Å²) in [6.45, 7) is 2.68. The Labute approximate surface area is 160 Å². The molecule has 3 aromatic rings. The molecule has 2 heterocycles. The number of aromatic nitrogens is 1. The molecule has 0 radical (unpaired) electrons. The Morgan fingerprint density at radius 1 is 1.04 bits per heavy atom. The summed E-state index contributed by atoms with van der Waals surface area (Å²) in [5, 5.41) is 3.41. The zero-order valence-electron chi connectivity index (χ0n) is 14.8. The highest BCUT2D eigenvalue weighted by molar-refractivity contribution is 7.90. The molecule has 1 aliphatic rings. The van der Waals surface area contributed by atoms with Crippen LogP contribution in [-0.2, 0) is 10.0 Å². The van der Waals surface area contributed by atoms with Crippen molar-refractivity contribution in [3.8, 4) is 0 Å². The van der Waals surface area contributed by atoms with E-state index >= 15 is 0 Å². The van der Waals surface area contributed by atoms with Crippen LogP contribution in [0.5, 0.6) is 0 Å². The van der Waals surface area contributed by atoms with Crippen LogP contribution in [0.3, 0.4) is 0 Å². The Kier molecular flexibility index (Phi) is 4.80. The molecular weight excluding hydrogens is 391 g/mol. The molecule has 5 nitrogen and oxygen atoms in total. The first kappa shape index (κ1) is 18.8. The van der Waals surface area contributed by atoms with Crippen LogP contribution < -0.4 is 10.2 Å². The summed E-state index contributed by atoms with van der Waals surface area (Å²) < 4.78 is 68.1. The maximum Gasteiger partial charge on any atom is 0.268 e. The molecule has 1 aromatic heterocycles. The fourth-order valence-corrected chi connectivity index (χ4v) is 4.95.